The maximum Gasteiger partial charge on any atom is 0.353 e. The minimum atomic E-state index is -4.55. The topological polar surface area (TPSA) is 331 Å². The van der Waals surface area contributed by atoms with Gasteiger partial charge in [0.2, 0.25) is 0 Å². The number of nitrogens with zero attached hydrogens (tertiary/aromatic N) is 7. The highest BCUT2D eigenvalue weighted by Gasteiger charge is 2.38. The molecular formula is C49H57N7O18S7. The molecule has 3 aromatic heterocycles. The predicted molar refractivity (Wildman–Crippen MR) is 298 cm³/mol. The molecule has 0 spiro atoms. The molecule has 0 saturated carbocycles. The van der Waals surface area contributed by atoms with Gasteiger partial charge in [0.1, 0.15) is 15.1 Å². The number of carbonyl (C=O) groups excluding carboxylic acids is 11. The van der Waals surface area contributed by atoms with Crippen LogP contribution in [0.2, 0.25) is 0 Å². The summed E-state index contributed by atoms with van der Waals surface area (Å²) in [5.41, 5.74) is 0.291. The van der Waals surface area contributed by atoms with Gasteiger partial charge in [0.05, 0.1) is 12.1 Å². The summed E-state index contributed by atoms with van der Waals surface area (Å²) in [7, 11) is 4.67. The average Bonchev–Trinajstić information content (AvgIpc) is 4.19. The van der Waals surface area contributed by atoms with Crippen molar-refractivity contribution in [3.8, 4) is 0 Å². The highest BCUT2D eigenvalue weighted by molar-refractivity contribution is 8.77. The second-order valence-corrected chi connectivity index (χ2v) is 25.9. The number of rotatable bonds is 25. The van der Waals surface area contributed by atoms with Crippen molar-refractivity contribution in [3.05, 3.63) is 85.5 Å². The molecule has 0 bridgehead atoms. The maximum atomic E-state index is 11.7. The van der Waals surface area contributed by atoms with Crippen LogP contribution in [0, 0.1) is 0 Å². The van der Waals surface area contributed by atoms with Crippen molar-refractivity contribution < 1.29 is 85.1 Å². The Balaban J connectivity index is 0.000000233. The normalized spacial score (nSPS) is 15.7. The van der Waals surface area contributed by atoms with E-state index in [1.54, 1.807) is 68.7 Å². The van der Waals surface area contributed by atoms with E-state index in [9.17, 15) is 61.2 Å². The number of hydrogen-bond acceptors (Lipinski definition) is 26. The summed E-state index contributed by atoms with van der Waals surface area (Å²) in [6.45, 7) is 7.18. The van der Waals surface area contributed by atoms with Crippen LogP contribution in [0.5, 0.6) is 0 Å². The van der Waals surface area contributed by atoms with E-state index in [1.807, 2.05) is 61.5 Å². The molecule has 0 radical (unpaired) electrons. The molecule has 7 amide bonds. The minimum absolute atomic E-state index is 0.0772. The van der Waals surface area contributed by atoms with Crippen LogP contribution in [0.15, 0.2) is 101 Å². The lowest BCUT2D eigenvalue weighted by Gasteiger charge is -2.18. The fraction of sp³-hybridized carbons (Fsp3) is 0.429. The number of hydrogen-bond donors (Lipinski definition) is 1. The van der Waals surface area contributed by atoms with Crippen molar-refractivity contribution in [1.82, 2.24) is 35.2 Å². The summed E-state index contributed by atoms with van der Waals surface area (Å²) in [4.78, 5) is 157. The smallest absolute Gasteiger partial charge is 0.332 e. The van der Waals surface area contributed by atoms with Gasteiger partial charge in [0, 0.05) is 93.1 Å². The van der Waals surface area contributed by atoms with Crippen LogP contribution in [0.25, 0.3) is 0 Å². The molecule has 3 aromatic rings. The Bertz CT molecular complexity index is 2750. The molecule has 4 saturated heterocycles. The first-order valence-corrected chi connectivity index (χ1v) is 33.1. The molecule has 4 fully saturated rings. The van der Waals surface area contributed by atoms with Crippen molar-refractivity contribution in [2.45, 2.75) is 136 Å². The van der Waals surface area contributed by atoms with E-state index >= 15 is 0 Å². The van der Waals surface area contributed by atoms with Gasteiger partial charge in [0.15, 0.2) is 5.25 Å². The molecule has 81 heavy (non-hydrogen) atoms. The summed E-state index contributed by atoms with van der Waals surface area (Å²) in [6.07, 6.45) is 8.30. The van der Waals surface area contributed by atoms with Crippen LogP contribution in [0.3, 0.4) is 0 Å². The number of pyridine rings is 3. The molecule has 0 aromatic carbocycles. The van der Waals surface area contributed by atoms with Crippen molar-refractivity contribution in [2.24, 2.45) is 0 Å². The van der Waals surface area contributed by atoms with Gasteiger partial charge in [-0.3, -0.25) is 38.1 Å². The molecule has 4 aliphatic rings. The molecule has 2 atom stereocenters. The monoisotopic (exact) mass is 1260 g/mol. The van der Waals surface area contributed by atoms with Crippen molar-refractivity contribution in [1.29, 1.82) is 0 Å². The number of imide groups is 3. The van der Waals surface area contributed by atoms with E-state index in [2.05, 4.69) is 26.4 Å². The average molecular weight is 1260 g/mol. The van der Waals surface area contributed by atoms with Gasteiger partial charge < -0.3 is 19.4 Å². The van der Waals surface area contributed by atoms with Crippen LogP contribution in [0.1, 0.15) is 110 Å². The Morgan fingerprint density at radius 3 is 1.35 bits per heavy atom. The van der Waals surface area contributed by atoms with Crippen molar-refractivity contribution in [2.75, 3.05) is 11.5 Å². The van der Waals surface area contributed by atoms with Gasteiger partial charge in [-0.15, -0.1) is 20.3 Å². The lowest BCUT2D eigenvalue weighted by Crippen LogP contribution is -2.37. The Morgan fingerprint density at radius 1 is 0.556 bits per heavy atom. The minimum Gasteiger partial charge on any atom is -0.332 e. The zero-order valence-corrected chi connectivity index (χ0v) is 49.4. The Kier molecular flexibility index (Phi) is 29.8. The second kappa shape index (κ2) is 35.7. The molecule has 4 aliphatic heterocycles. The van der Waals surface area contributed by atoms with Crippen LogP contribution >= 0.6 is 64.8 Å². The number of aromatic nitrogens is 3. The molecule has 2 unspecified atom stereocenters. The molecular weight excluding hydrogens is 1200 g/mol. The summed E-state index contributed by atoms with van der Waals surface area (Å²) in [5.74, 6) is -4.79. The summed E-state index contributed by atoms with van der Waals surface area (Å²) < 4.78 is 31.0. The summed E-state index contributed by atoms with van der Waals surface area (Å²) in [6, 6.07) is 17.0. The van der Waals surface area contributed by atoms with E-state index < -0.39 is 80.6 Å². The van der Waals surface area contributed by atoms with Crippen LogP contribution in [-0.4, -0.2) is 135 Å². The SMILES string of the molecule is C=C1CCC(=O)N1OC(=O)C(CCC)S(=O)(=O)O.CC(CCC(=O)ON1C(=O)CCC1=O)SSc1ccccn1.O=C(CCCSSc1ccccn1)ON1C(=O)CCC1=O.O=C(CCSSc1ccccn1)ON1C(=O)CCC1=O. The first-order valence-electron chi connectivity index (χ1n) is 24.7. The zero-order chi connectivity index (χ0) is 59.3. The first kappa shape index (κ1) is 67.5. The standard InChI is InChI=1S/C14H16N2O4S2.C13H14N2O4S2.C12H12N2O4S2.C10H15NO6S/c1-10(21-22-11-4-2-3-9-15-11)5-8-14(19)20-16-12(17)6-7-13(16)18;16-11-6-7-12(17)15(11)19-13(18)5-3-9-20-21-10-4-1-2-8-14-10;15-10-4-5-11(16)14(10)18-12(17)6-8-19-20-9-3-1-2-7-13-9;1-3-4-8(18(14,15)16)10(13)17-11-7(2)5-6-9(11)12/h2-4,9-10H,5-8H2,1H3;1-2,4,8H,3,5-7,9H2;1-3,7H,4-6,8H2;8H,2-6H2,1H3,(H,14,15,16). The lowest BCUT2D eigenvalue weighted by atomic mass is 10.2. The van der Waals surface area contributed by atoms with Gasteiger partial charge in [0.25, 0.3) is 51.5 Å². The number of hydroxylamine groups is 8. The highest BCUT2D eigenvalue weighted by Crippen LogP contribution is 2.35. The summed E-state index contributed by atoms with van der Waals surface area (Å²) in [5, 5.41) is 3.65. The maximum absolute atomic E-state index is 11.7. The van der Waals surface area contributed by atoms with Gasteiger partial charge in [-0.2, -0.15) is 8.42 Å². The van der Waals surface area contributed by atoms with Gasteiger partial charge in [-0.1, -0.05) is 77.4 Å². The molecule has 7 heterocycles. The molecule has 438 valence electrons. The number of allylic oxidation sites excluding steroid dienone is 1. The van der Waals surface area contributed by atoms with Crippen LogP contribution < -0.4 is 0 Å². The first-order chi connectivity index (χ1) is 38.7. The molecule has 7 rings (SSSR count). The lowest BCUT2D eigenvalue weighted by molar-refractivity contribution is -0.197. The third-order valence-electron chi connectivity index (χ3n) is 10.3. The van der Waals surface area contributed by atoms with Crippen molar-refractivity contribution >= 4 is 140 Å². The van der Waals surface area contributed by atoms with E-state index in [1.165, 1.54) is 21.6 Å². The van der Waals surface area contributed by atoms with E-state index in [4.69, 9.17) is 19.1 Å². The Morgan fingerprint density at radius 2 is 0.951 bits per heavy atom. The molecule has 32 heteroatoms. The van der Waals surface area contributed by atoms with Gasteiger partial charge in [-0.05, 0) is 94.5 Å². The molecule has 1 N–H and O–H groups in total. The quantitative estimate of drug-likeness (QED) is 0.0377. The van der Waals surface area contributed by atoms with E-state index in [0.717, 1.165) is 20.8 Å². The van der Waals surface area contributed by atoms with Crippen LogP contribution in [-0.2, 0) is 82.2 Å². The third kappa shape index (κ3) is 24.9. The second-order valence-electron chi connectivity index (χ2n) is 16.8. The van der Waals surface area contributed by atoms with Crippen molar-refractivity contribution in [3.63, 3.8) is 0 Å². The molecule has 0 aliphatic carbocycles. The highest BCUT2D eigenvalue weighted by atomic mass is 33.1. The van der Waals surface area contributed by atoms with E-state index in [0.29, 0.717) is 57.4 Å². The van der Waals surface area contributed by atoms with E-state index in [-0.39, 0.29) is 75.9 Å². The predicted octanol–water partition coefficient (Wildman–Crippen LogP) is 7.26. The summed E-state index contributed by atoms with van der Waals surface area (Å²) >= 11 is 0. The van der Waals surface area contributed by atoms with Gasteiger partial charge >= 0.3 is 23.9 Å². The molecule has 25 nitrogen and oxygen atoms in total. The Hall–Kier alpha value is -6.03. The fourth-order valence-corrected chi connectivity index (χ4v) is 13.0. The van der Waals surface area contributed by atoms with Crippen LogP contribution in [0.4, 0.5) is 0 Å². The van der Waals surface area contributed by atoms with Gasteiger partial charge in [-0.25, -0.2) is 34.1 Å². The Labute approximate surface area is 490 Å². The number of amides is 7. The zero-order valence-electron chi connectivity index (χ0n) is 43.7. The fourth-order valence-electron chi connectivity index (χ4n) is 6.26. The largest absolute Gasteiger partial charge is 0.353 e. The third-order valence-corrected chi connectivity index (χ3v) is 19.0. The number of carbonyl (C=O) groups is 11.